The highest BCUT2D eigenvalue weighted by molar-refractivity contribution is 7.95. The van der Waals surface area contributed by atoms with Gasteiger partial charge in [0.25, 0.3) is 15.9 Å². The molecule has 3 aromatic rings. The molecule has 0 atom stereocenters. The maximum absolute atomic E-state index is 14.5. The predicted molar refractivity (Wildman–Crippen MR) is 187 cm³/mol. The van der Waals surface area contributed by atoms with Crippen LogP contribution in [0, 0.1) is 20.8 Å². The van der Waals surface area contributed by atoms with Gasteiger partial charge in [-0.1, -0.05) is 49.5 Å². The number of methoxy groups -OCH3 is 1. The molecule has 0 saturated heterocycles. The van der Waals surface area contributed by atoms with Crippen LogP contribution in [0.25, 0.3) is 11.1 Å². The van der Waals surface area contributed by atoms with E-state index < -0.39 is 15.6 Å². The van der Waals surface area contributed by atoms with Gasteiger partial charge < -0.3 is 18.7 Å². The summed E-state index contributed by atoms with van der Waals surface area (Å²) in [6.45, 7) is 10.9. The molecule has 1 spiro atoms. The molecule has 1 amide bonds. The Morgan fingerprint density at radius 2 is 1.83 bits per heavy atom. The van der Waals surface area contributed by atoms with Crippen LogP contribution in [0.3, 0.4) is 0 Å². The highest BCUT2D eigenvalue weighted by Crippen LogP contribution is 2.42. The molecule has 3 heterocycles. The van der Waals surface area contributed by atoms with Gasteiger partial charge in [-0.2, -0.15) is 0 Å². The van der Waals surface area contributed by atoms with E-state index in [0.717, 1.165) is 76.7 Å². The second kappa shape index (κ2) is 15.6. The number of aromatic nitrogens is 1. The minimum atomic E-state index is -4.16. The summed E-state index contributed by atoms with van der Waals surface area (Å²) in [6.07, 6.45) is 6.44. The Kier molecular flexibility index (Phi) is 11.8. The molecule has 1 aliphatic heterocycles. The van der Waals surface area contributed by atoms with Crippen molar-refractivity contribution in [1.82, 2.24) is 10.1 Å². The quantitative estimate of drug-likeness (QED) is 0.110. The summed E-state index contributed by atoms with van der Waals surface area (Å²) < 4.78 is 52.5. The first kappa shape index (κ1) is 36.2. The lowest BCUT2D eigenvalue weighted by atomic mass is 9.97. The normalized spacial score (nSPS) is 16.0. The summed E-state index contributed by atoms with van der Waals surface area (Å²) in [5.41, 5.74) is 3.12. The highest BCUT2D eigenvalue weighted by atomic mass is 32.2. The minimum Gasteiger partial charge on any atom is -0.382 e. The Hall–Kier alpha value is -3.10. The lowest BCUT2D eigenvalue weighted by molar-refractivity contribution is -0.131. The van der Waals surface area contributed by atoms with Crippen LogP contribution < -0.4 is 4.31 Å². The summed E-state index contributed by atoms with van der Waals surface area (Å²) >= 11 is 1.20. The number of hydrogen-bond donors (Lipinski definition) is 0. The average molecular weight is 701 g/mol. The van der Waals surface area contributed by atoms with E-state index in [2.05, 4.69) is 12.1 Å². The van der Waals surface area contributed by atoms with Crippen molar-refractivity contribution in [3.8, 4) is 11.1 Å². The van der Waals surface area contributed by atoms with Gasteiger partial charge in [0.05, 0.1) is 26.4 Å². The maximum Gasteiger partial charge on any atom is 0.277 e. The fourth-order valence-electron chi connectivity index (χ4n) is 6.37. The molecule has 13 heteroatoms. The van der Waals surface area contributed by atoms with Gasteiger partial charge in [-0.3, -0.25) is 14.7 Å². The Bertz CT molecular complexity index is 1720. The zero-order valence-corrected chi connectivity index (χ0v) is 30.6. The summed E-state index contributed by atoms with van der Waals surface area (Å²) in [5.74, 6) is 1.70. The molecule has 0 unspecified atom stereocenters. The first-order valence-corrected chi connectivity index (χ1v) is 19.0. The monoisotopic (exact) mass is 700 g/mol. The number of hydrogen-bond acceptors (Lipinski definition) is 10. The van der Waals surface area contributed by atoms with Crippen LogP contribution in [0.5, 0.6) is 0 Å². The number of unbranched alkanes of at least 4 members (excludes halogenated alkanes) is 1. The molecule has 262 valence electrons. The molecule has 48 heavy (non-hydrogen) atoms. The lowest BCUT2D eigenvalue weighted by Crippen LogP contribution is -2.40. The number of aryl methyl sites for hydroxylation is 2. The van der Waals surface area contributed by atoms with Gasteiger partial charge >= 0.3 is 0 Å². The largest absolute Gasteiger partial charge is 0.382 e. The van der Waals surface area contributed by atoms with E-state index >= 15 is 0 Å². The number of ether oxygens (including phenoxy) is 3. The first-order valence-electron chi connectivity index (χ1n) is 16.8. The molecule has 11 nitrogen and oxygen atoms in total. The zero-order valence-electron chi connectivity index (χ0n) is 29.0. The molecule has 2 aromatic heterocycles. The molecule has 5 rings (SSSR count). The number of anilines is 1. The van der Waals surface area contributed by atoms with Crippen LogP contribution in [0.4, 0.5) is 5.82 Å². The van der Waals surface area contributed by atoms with Gasteiger partial charge in [0, 0.05) is 36.1 Å². The molecule has 1 saturated carbocycles. The Labute approximate surface area is 288 Å². The number of amidine groups is 1. The maximum atomic E-state index is 14.5. The standard InChI is InChI=1S/C35H48N4O7S2/c1-7-9-12-31-36-35(15-10-11-16-35)34(40)38(31)21-27-13-14-29(28(20-27)22-44-8-2)30-19-24(3)47-33(30)48(41,42)39(23-45-18-17-43-6)32-25(4)26(5)46-37-32/h13-14,19-20H,7-12,15-18,21-23H2,1-6H3. The van der Waals surface area contributed by atoms with Gasteiger partial charge in [-0.15, -0.1) is 11.3 Å². The third kappa shape index (κ3) is 7.40. The Morgan fingerprint density at radius 1 is 1.06 bits per heavy atom. The summed E-state index contributed by atoms with van der Waals surface area (Å²) in [6, 6.07) is 7.87. The van der Waals surface area contributed by atoms with Gasteiger partial charge in [0.1, 0.15) is 28.1 Å². The minimum absolute atomic E-state index is 0.106. The van der Waals surface area contributed by atoms with Crippen molar-refractivity contribution in [3.63, 3.8) is 0 Å². The molecular formula is C35H48N4O7S2. The van der Waals surface area contributed by atoms with E-state index in [1.54, 1.807) is 21.0 Å². The fourth-order valence-corrected chi connectivity index (χ4v) is 9.46. The smallest absolute Gasteiger partial charge is 0.277 e. The summed E-state index contributed by atoms with van der Waals surface area (Å²) in [7, 11) is -2.60. The molecule has 0 radical (unpaired) electrons. The van der Waals surface area contributed by atoms with E-state index in [9.17, 15) is 13.2 Å². The van der Waals surface area contributed by atoms with Crippen LogP contribution in [0.2, 0.25) is 0 Å². The number of aliphatic imine (C=N–C) groups is 1. The second-order valence-electron chi connectivity index (χ2n) is 12.5. The van der Waals surface area contributed by atoms with Gasteiger partial charge in [0.2, 0.25) is 0 Å². The third-order valence-corrected chi connectivity index (χ3v) is 12.4. The SMILES string of the molecule is CCCCC1=NC2(CCCC2)C(=O)N1Cc1ccc(-c2cc(C)sc2S(=O)(=O)N(COCCOC)c2noc(C)c2C)c(COCC)c1. The van der Waals surface area contributed by atoms with Crippen LogP contribution >= 0.6 is 11.3 Å². The van der Waals surface area contributed by atoms with E-state index in [1.165, 1.54) is 11.3 Å². The number of carbonyl (C=O) groups is 1. The molecular weight excluding hydrogens is 653 g/mol. The van der Waals surface area contributed by atoms with Crippen LogP contribution in [0.1, 0.15) is 86.1 Å². The topological polar surface area (TPSA) is 124 Å². The second-order valence-corrected chi connectivity index (χ2v) is 15.8. The molecule has 0 bridgehead atoms. The summed E-state index contributed by atoms with van der Waals surface area (Å²) in [4.78, 5) is 21.6. The van der Waals surface area contributed by atoms with Crippen LogP contribution in [-0.2, 0) is 42.2 Å². The number of nitrogens with zero attached hydrogens (tertiary/aromatic N) is 4. The molecule has 1 aliphatic carbocycles. The molecule has 1 aromatic carbocycles. The fraction of sp³-hybridized carbons (Fsp3) is 0.571. The first-order chi connectivity index (χ1) is 23.1. The number of sulfonamides is 1. The molecule has 2 aliphatic rings. The van der Waals surface area contributed by atoms with Crippen molar-refractivity contribution >= 4 is 38.9 Å². The third-order valence-electron chi connectivity index (χ3n) is 9.10. The van der Waals surface area contributed by atoms with Gasteiger partial charge in [-0.25, -0.2) is 12.7 Å². The van der Waals surface area contributed by atoms with Crippen LogP contribution in [0.15, 0.2) is 38.0 Å². The van der Waals surface area contributed by atoms with Crippen molar-refractivity contribution in [3.05, 3.63) is 51.6 Å². The predicted octanol–water partition coefficient (Wildman–Crippen LogP) is 6.92. The summed E-state index contributed by atoms with van der Waals surface area (Å²) in [5, 5.41) is 4.09. The van der Waals surface area contributed by atoms with Crippen molar-refractivity contribution in [2.75, 3.05) is 38.0 Å². The highest BCUT2D eigenvalue weighted by Gasteiger charge is 2.49. The zero-order chi connectivity index (χ0) is 34.5. The van der Waals surface area contributed by atoms with E-state index in [1.807, 2.05) is 43.0 Å². The number of amides is 1. The number of carbonyl (C=O) groups excluding carboxylic acids is 1. The number of thiophene rings is 1. The Morgan fingerprint density at radius 3 is 2.50 bits per heavy atom. The van der Waals surface area contributed by atoms with Crippen molar-refractivity contribution in [2.45, 2.75) is 102 Å². The van der Waals surface area contributed by atoms with E-state index in [0.29, 0.717) is 36.6 Å². The van der Waals surface area contributed by atoms with E-state index in [-0.39, 0.29) is 35.9 Å². The van der Waals surface area contributed by atoms with Crippen LogP contribution in [-0.4, -0.2) is 69.4 Å². The van der Waals surface area contributed by atoms with Crippen molar-refractivity contribution in [1.29, 1.82) is 0 Å². The van der Waals surface area contributed by atoms with E-state index in [4.69, 9.17) is 23.7 Å². The number of benzene rings is 1. The van der Waals surface area contributed by atoms with Gasteiger partial charge in [-0.05, 0) is 69.7 Å². The van der Waals surface area contributed by atoms with Crippen molar-refractivity contribution in [2.24, 2.45) is 4.99 Å². The van der Waals surface area contributed by atoms with Crippen molar-refractivity contribution < 1.29 is 31.9 Å². The lowest BCUT2D eigenvalue weighted by Gasteiger charge is -2.24. The van der Waals surface area contributed by atoms with Gasteiger partial charge in [0.15, 0.2) is 5.82 Å². The molecule has 1 fully saturated rings. The average Bonchev–Trinajstić information content (AvgIpc) is 3.84. The molecule has 0 N–H and O–H groups in total. The number of rotatable bonds is 17. The Balaban J connectivity index is 1.52.